The summed E-state index contributed by atoms with van der Waals surface area (Å²) in [5.41, 5.74) is -0.328. The highest BCUT2D eigenvalue weighted by atomic mass is 19.4. The van der Waals surface area contributed by atoms with Crippen molar-refractivity contribution in [1.82, 2.24) is 0 Å². The molecule has 0 N–H and O–H groups in total. The zero-order chi connectivity index (χ0) is 12.5. The van der Waals surface area contributed by atoms with Crippen molar-refractivity contribution < 1.29 is 18.0 Å². The minimum atomic E-state index is -4.36. The van der Waals surface area contributed by atoms with Crippen LogP contribution < -0.4 is 4.90 Å². The lowest BCUT2D eigenvalue weighted by molar-refractivity contribution is -0.137. The number of carbonyl (C=O) groups excluding carboxylic acids is 1. The lowest BCUT2D eigenvalue weighted by Gasteiger charge is -2.16. The van der Waals surface area contributed by atoms with Gasteiger partial charge in [0.1, 0.15) is 12.3 Å². The molecular weight excluding hydrogens is 233 g/mol. The van der Waals surface area contributed by atoms with Crippen molar-refractivity contribution in [2.45, 2.75) is 12.2 Å². The maximum atomic E-state index is 12.5. The SMILES string of the molecule is O=CC1CN(c2cccc(C(F)(F)F)c2)C=N1. The number of hydrogen-bond acceptors (Lipinski definition) is 3. The smallest absolute Gasteiger partial charge is 0.330 e. The average molecular weight is 242 g/mol. The van der Waals surface area contributed by atoms with E-state index in [-0.39, 0.29) is 6.54 Å². The molecule has 1 aliphatic heterocycles. The van der Waals surface area contributed by atoms with Crippen LogP contribution in [0.4, 0.5) is 18.9 Å². The Balaban J connectivity index is 2.23. The van der Waals surface area contributed by atoms with E-state index in [1.807, 2.05) is 0 Å². The van der Waals surface area contributed by atoms with E-state index in [0.717, 1.165) is 12.1 Å². The van der Waals surface area contributed by atoms with Crippen molar-refractivity contribution in [3.63, 3.8) is 0 Å². The summed E-state index contributed by atoms with van der Waals surface area (Å²) in [6, 6.07) is 4.44. The lowest BCUT2D eigenvalue weighted by atomic mass is 10.2. The standard InChI is InChI=1S/C11H9F3N2O/c12-11(13,14)8-2-1-3-10(4-8)16-5-9(6-17)15-7-16/h1-4,6-7,9H,5H2. The van der Waals surface area contributed by atoms with E-state index < -0.39 is 17.8 Å². The quantitative estimate of drug-likeness (QED) is 0.744. The van der Waals surface area contributed by atoms with Gasteiger partial charge in [0.25, 0.3) is 0 Å². The first-order chi connectivity index (χ1) is 8.00. The van der Waals surface area contributed by atoms with E-state index in [2.05, 4.69) is 4.99 Å². The zero-order valence-electron chi connectivity index (χ0n) is 8.69. The van der Waals surface area contributed by atoms with Crippen LogP contribution in [0.25, 0.3) is 0 Å². The summed E-state index contributed by atoms with van der Waals surface area (Å²) < 4.78 is 37.5. The molecule has 1 heterocycles. The van der Waals surface area contributed by atoms with Gasteiger partial charge in [-0.15, -0.1) is 0 Å². The highest BCUT2D eigenvalue weighted by molar-refractivity contribution is 5.85. The van der Waals surface area contributed by atoms with E-state index in [9.17, 15) is 18.0 Å². The number of hydrogen-bond donors (Lipinski definition) is 0. The van der Waals surface area contributed by atoms with Crippen LogP contribution >= 0.6 is 0 Å². The van der Waals surface area contributed by atoms with Gasteiger partial charge in [-0.25, -0.2) is 0 Å². The van der Waals surface area contributed by atoms with Crippen molar-refractivity contribution in [3.05, 3.63) is 29.8 Å². The number of rotatable bonds is 2. The maximum absolute atomic E-state index is 12.5. The third-order valence-corrected chi connectivity index (χ3v) is 2.44. The molecule has 1 unspecified atom stereocenters. The van der Waals surface area contributed by atoms with Crippen LogP contribution in [-0.2, 0) is 11.0 Å². The predicted molar refractivity (Wildman–Crippen MR) is 57.1 cm³/mol. The van der Waals surface area contributed by atoms with E-state index in [0.29, 0.717) is 12.0 Å². The lowest BCUT2D eigenvalue weighted by Crippen LogP contribution is -2.23. The normalized spacial score (nSPS) is 19.7. The fourth-order valence-electron chi connectivity index (χ4n) is 1.57. The largest absolute Gasteiger partial charge is 0.416 e. The monoisotopic (exact) mass is 242 g/mol. The highest BCUT2D eigenvalue weighted by Gasteiger charge is 2.31. The number of halogens is 3. The molecule has 17 heavy (non-hydrogen) atoms. The van der Waals surface area contributed by atoms with Gasteiger partial charge < -0.3 is 9.69 Å². The van der Waals surface area contributed by atoms with Crippen LogP contribution in [0.3, 0.4) is 0 Å². The van der Waals surface area contributed by atoms with Gasteiger partial charge in [0.2, 0.25) is 0 Å². The number of carbonyl (C=O) groups is 1. The van der Waals surface area contributed by atoms with Crippen molar-refractivity contribution >= 4 is 18.3 Å². The first-order valence-corrected chi connectivity index (χ1v) is 4.93. The van der Waals surface area contributed by atoms with E-state index in [4.69, 9.17) is 0 Å². The van der Waals surface area contributed by atoms with E-state index >= 15 is 0 Å². The van der Waals surface area contributed by atoms with Gasteiger partial charge in [-0.2, -0.15) is 13.2 Å². The van der Waals surface area contributed by atoms with Crippen molar-refractivity contribution in [1.29, 1.82) is 0 Å². The molecule has 0 aliphatic carbocycles. The van der Waals surface area contributed by atoms with Gasteiger partial charge in [-0.3, -0.25) is 4.99 Å². The molecule has 6 heteroatoms. The van der Waals surface area contributed by atoms with Gasteiger partial charge in [-0.05, 0) is 18.2 Å². The summed E-state index contributed by atoms with van der Waals surface area (Å²) in [6.07, 6.45) is -2.31. The summed E-state index contributed by atoms with van der Waals surface area (Å²) in [6.45, 7) is 0.283. The van der Waals surface area contributed by atoms with E-state index in [1.54, 1.807) is 6.07 Å². The van der Waals surface area contributed by atoms with Gasteiger partial charge in [0.05, 0.1) is 18.4 Å². The van der Waals surface area contributed by atoms with Crippen LogP contribution in [0.5, 0.6) is 0 Å². The highest BCUT2D eigenvalue weighted by Crippen LogP contribution is 2.31. The fourth-order valence-corrected chi connectivity index (χ4v) is 1.57. The molecule has 0 aromatic heterocycles. The fraction of sp³-hybridized carbons (Fsp3) is 0.273. The summed E-state index contributed by atoms with van der Waals surface area (Å²) in [4.78, 5) is 15.9. The molecule has 0 saturated carbocycles. The van der Waals surface area contributed by atoms with Crippen LogP contribution in [0.1, 0.15) is 5.56 Å². The molecule has 0 radical (unpaired) electrons. The van der Waals surface area contributed by atoms with Crippen LogP contribution in [-0.4, -0.2) is 25.2 Å². The third kappa shape index (κ3) is 2.46. The van der Waals surface area contributed by atoms with Gasteiger partial charge in [0.15, 0.2) is 0 Å². The minimum absolute atomic E-state index is 0.283. The molecule has 1 aromatic rings. The predicted octanol–water partition coefficient (Wildman–Crippen LogP) is 2.12. The molecule has 0 amide bonds. The second-order valence-corrected chi connectivity index (χ2v) is 3.67. The summed E-state index contributed by atoms with van der Waals surface area (Å²) in [5.74, 6) is 0. The Bertz CT molecular complexity index is 456. The summed E-state index contributed by atoms with van der Waals surface area (Å²) >= 11 is 0. The Morgan fingerprint density at radius 2 is 2.18 bits per heavy atom. The number of nitrogens with zero attached hydrogens (tertiary/aromatic N) is 2. The molecule has 1 aromatic carbocycles. The molecule has 2 rings (SSSR count). The average Bonchev–Trinajstić information content (AvgIpc) is 2.76. The number of alkyl halides is 3. The molecule has 3 nitrogen and oxygen atoms in total. The Kier molecular flexibility index (Phi) is 2.87. The number of aliphatic imine (C=N–C) groups is 1. The first kappa shape index (κ1) is 11.6. The van der Waals surface area contributed by atoms with Gasteiger partial charge in [-0.1, -0.05) is 6.07 Å². The topological polar surface area (TPSA) is 32.7 Å². The van der Waals surface area contributed by atoms with Crippen molar-refractivity contribution in [3.8, 4) is 0 Å². The first-order valence-electron chi connectivity index (χ1n) is 4.93. The Morgan fingerprint density at radius 1 is 1.41 bits per heavy atom. The van der Waals surface area contributed by atoms with Gasteiger partial charge >= 0.3 is 6.18 Å². The maximum Gasteiger partial charge on any atom is 0.416 e. The molecular formula is C11H9F3N2O. The molecule has 0 saturated heterocycles. The third-order valence-electron chi connectivity index (χ3n) is 2.44. The Morgan fingerprint density at radius 3 is 2.76 bits per heavy atom. The Hall–Kier alpha value is -1.85. The molecule has 1 atom stereocenters. The molecule has 0 bridgehead atoms. The number of benzene rings is 1. The Labute approximate surface area is 95.6 Å². The molecule has 0 fully saturated rings. The van der Waals surface area contributed by atoms with Crippen LogP contribution in [0.2, 0.25) is 0 Å². The van der Waals surface area contributed by atoms with Crippen molar-refractivity contribution in [2.75, 3.05) is 11.4 Å². The molecule has 1 aliphatic rings. The van der Waals surface area contributed by atoms with Crippen LogP contribution in [0.15, 0.2) is 29.3 Å². The molecule has 0 spiro atoms. The summed E-state index contributed by atoms with van der Waals surface area (Å²) in [7, 11) is 0. The van der Waals surface area contributed by atoms with Crippen LogP contribution in [0, 0.1) is 0 Å². The number of anilines is 1. The van der Waals surface area contributed by atoms with Crippen molar-refractivity contribution in [2.24, 2.45) is 4.99 Å². The summed E-state index contributed by atoms with van der Waals surface area (Å²) in [5, 5.41) is 0. The second kappa shape index (κ2) is 4.20. The molecule has 90 valence electrons. The minimum Gasteiger partial charge on any atom is -0.330 e. The zero-order valence-corrected chi connectivity index (χ0v) is 8.69. The number of aldehydes is 1. The van der Waals surface area contributed by atoms with Gasteiger partial charge in [0, 0.05) is 5.69 Å². The van der Waals surface area contributed by atoms with E-state index in [1.165, 1.54) is 17.3 Å². The second-order valence-electron chi connectivity index (χ2n) is 3.67.